The number of carbonyl (C=O) groups excluding carboxylic acids is 1. The fraction of sp³-hybridized carbons (Fsp3) is 0.882. The summed E-state index contributed by atoms with van der Waals surface area (Å²) in [7, 11) is 0. The summed E-state index contributed by atoms with van der Waals surface area (Å²) >= 11 is 0. The molecule has 2 rings (SSSR count). The molecule has 2 heterocycles. The third-order valence-electron chi connectivity index (χ3n) is 4.90. The molecule has 11 N–H and O–H groups in total. The van der Waals surface area contributed by atoms with E-state index in [1.165, 1.54) is 13.8 Å². The van der Waals surface area contributed by atoms with Crippen LogP contribution in [0, 0.1) is 0 Å². The van der Waals surface area contributed by atoms with Crippen LogP contribution in [0.15, 0.2) is 0 Å². The van der Waals surface area contributed by atoms with Gasteiger partial charge in [-0.05, 0) is 6.92 Å². The van der Waals surface area contributed by atoms with Gasteiger partial charge in [-0.2, -0.15) is 0 Å². The molecule has 1 amide bonds. The van der Waals surface area contributed by atoms with Crippen LogP contribution in [0.2, 0.25) is 0 Å². The minimum Gasteiger partial charge on any atom is -0.479 e. The van der Waals surface area contributed by atoms with E-state index in [0.717, 1.165) is 0 Å². The second-order valence-corrected chi connectivity index (χ2v) is 7.35. The van der Waals surface area contributed by atoms with Crippen molar-refractivity contribution in [3.63, 3.8) is 0 Å². The summed E-state index contributed by atoms with van der Waals surface area (Å²) in [5.74, 6) is -1.68. The van der Waals surface area contributed by atoms with Crippen molar-refractivity contribution >= 4 is 11.9 Å². The first kappa shape index (κ1) is 28.5. The summed E-state index contributed by atoms with van der Waals surface area (Å²) < 4.78 is 14.7. The van der Waals surface area contributed by atoms with E-state index in [1.54, 1.807) is 0 Å². The molecule has 15 heteroatoms. The maximum atomic E-state index is 10.7. The van der Waals surface area contributed by atoms with Crippen LogP contribution < -0.4 is 11.1 Å². The number of aliphatic hydroxyl groups is 7. The van der Waals surface area contributed by atoms with Crippen molar-refractivity contribution in [2.45, 2.75) is 81.2 Å². The Labute approximate surface area is 182 Å². The third kappa shape index (κ3) is 7.26. The van der Waals surface area contributed by atoms with E-state index in [0.29, 0.717) is 0 Å². The molecule has 0 bridgehead atoms. The molecule has 2 aliphatic heterocycles. The molecular weight excluding hydrogens is 440 g/mol. The van der Waals surface area contributed by atoms with Gasteiger partial charge < -0.3 is 66.1 Å². The van der Waals surface area contributed by atoms with Gasteiger partial charge in [0.2, 0.25) is 5.91 Å². The molecule has 32 heavy (non-hydrogen) atoms. The number of carboxylic acid groups (broad SMARTS) is 1. The fourth-order valence-corrected chi connectivity index (χ4v) is 3.06. The number of carboxylic acids is 1. The quantitative estimate of drug-likeness (QED) is 0.173. The summed E-state index contributed by atoms with van der Waals surface area (Å²) in [6.45, 7) is 1.43. The molecule has 0 radical (unpaired) electrons. The molecule has 0 aromatic heterocycles. The van der Waals surface area contributed by atoms with Gasteiger partial charge in [0.1, 0.15) is 42.7 Å². The smallest absolute Gasteiger partial charge is 0.332 e. The Morgan fingerprint density at radius 1 is 0.969 bits per heavy atom. The van der Waals surface area contributed by atoms with Crippen LogP contribution in [0.1, 0.15) is 13.8 Å². The van der Waals surface area contributed by atoms with Gasteiger partial charge in [-0.15, -0.1) is 0 Å². The van der Waals surface area contributed by atoms with Crippen LogP contribution in [-0.2, 0) is 23.8 Å². The van der Waals surface area contributed by atoms with Crippen molar-refractivity contribution in [3.8, 4) is 0 Å². The van der Waals surface area contributed by atoms with Gasteiger partial charge in [0.05, 0.1) is 19.3 Å². The zero-order chi connectivity index (χ0) is 24.7. The lowest BCUT2D eigenvalue weighted by atomic mass is 9.97. The minimum atomic E-state index is -1.45. The molecule has 0 spiro atoms. The molecule has 0 saturated carbocycles. The van der Waals surface area contributed by atoms with E-state index >= 15 is 0 Å². The summed E-state index contributed by atoms with van der Waals surface area (Å²) in [6.07, 6.45) is -11.3. The molecule has 11 atom stereocenters. The fourth-order valence-electron chi connectivity index (χ4n) is 3.06. The zero-order valence-corrected chi connectivity index (χ0v) is 17.5. The van der Waals surface area contributed by atoms with Crippen molar-refractivity contribution in [2.24, 2.45) is 5.73 Å². The van der Waals surface area contributed by atoms with E-state index in [1.807, 2.05) is 0 Å². The minimum absolute atomic E-state index is 0.462. The number of ether oxygens (including phenoxy) is 3. The van der Waals surface area contributed by atoms with E-state index in [9.17, 15) is 35.1 Å². The van der Waals surface area contributed by atoms with E-state index in [-0.39, 0.29) is 0 Å². The van der Waals surface area contributed by atoms with Crippen LogP contribution in [0.25, 0.3) is 0 Å². The Balaban J connectivity index is 0.000000323. The average molecular weight is 472 g/mol. The number of hydrogen-bond acceptors (Lipinski definition) is 13. The summed E-state index contributed by atoms with van der Waals surface area (Å²) in [5.41, 5.74) is 5.54. The molecular formula is C17H32N2O13. The number of nitrogens with one attached hydrogen (secondary N) is 1. The first-order chi connectivity index (χ1) is 14.8. The van der Waals surface area contributed by atoms with Crippen LogP contribution in [0.3, 0.4) is 0 Å². The normalized spacial score (nSPS) is 40.6. The molecule has 15 nitrogen and oxygen atoms in total. The predicted molar refractivity (Wildman–Crippen MR) is 102 cm³/mol. The summed E-state index contributed by atoms with van der Waals surface area (Å²) in [4.78, 5) is 21.4. The Morgan fingerprint density at radius 3 is 1.94 bits per heavy atom. The molecule has 0 unspecified atom stereocenters. The van der Waals surface area contributed by atoms with Crippen molar-refractivity contribution in [3.05, 3.63) is 0 Å². The Bertz CT molecular complexity index is 611. The Morgan fingerprint density at radius 2 is 1.47 bits per heavy atom. The van der Waals surface area contributed by atoms with E-state index < -0.39 is 92.5 Å². The van der Waals surface area contributed by atoms with Crippen LogP contribution in [0.4, 0.5) is 0 Å². The number of carbonyl (C=O) groups is 2. The Kier molecular flexibility index (Phi) is 11.3. The number of amides is 1. The SMILES string of the molecule is CC(=O)N[C@@H]1[C@@H](O)[C@H](O)[C@@H](CO)O[C@H]1O.C[C@@H](O[C@@H]1[C@@H](N)[C@@H](O)O[C@H](CO)[C@H]1O)C(=O)O. The van der Waals surface area contributed by atoms with Crippen molar-refractivity contribution in [1.82, 2.24) is 5.32 Å². The van der Waals surface area contributed by atoms with Crippen LogP contribution in [0.5, 0.6) is 0 Å². The zero-order valence-electron chi connectivity index (χ0n) is 17.5. The van der Waals surface area contributed by atoms with Gasteiger partial charge in [0.15, 0.2) is 18.7 Å². The first-order valence-electron chi connectivity index (χ1n) is 9.69. The molecule has 2 fully saturated rings. The molecule has 2 aliphatic rings. The van der Waals surface area contributed by atoms with Gasteiger partial charge in [0, 0.05) is 6.92 Å². The van der Waals surface area contributed by atoms with Gasteiger partial charge >= 0.3 is 5.97 Å². The predicted octanol–water partition coefficient (Wildman–Crippen LogP) is -5.84. The van der Waals surface area contributed by atoms with Crippen LogP contribution >= 0.6 is 0 Å². The molecule has 0 aliphatic carbocycles. The maximum absolute atomic E-state index is 10.7. The number of hydrogen-bond donors (Lipinski definition) is 10. The highest BCUT2D eigenvalue weighted by molar-refractivity contribution is 5.73. The van der Waals surface area contributed by atoms with Gasteiger partial charge in [-0.1, -0.05) is 0 Å². The lowest BCUT2D eigenvalue weighted by molar-refractivity contribution is -0.262. The van der Waals surface area contributed by atoms with Gasteiger partial charge in [-0.25, -0.2) is 4.79 Å². The largest absolute Gasteiger partial charge is 0.479 e. The van der Waals surface area contributed by atoms with Crippen molar-refractivity contribution in [1.29, 1.82) is 0 Å². The topological polar surface area (TPSA) is 262 Å². The summed E-state index contributed by atoms with van der Waals surface area (Å²) in [6, 6.07) is -2.19. The third-order valence-corrected chi connectivity index (χ3v) is 4.90. The Hall–Kier alpha value is -1.50. The van der Waals surface area contributed by atoms with E-state index in [2.05, 4.69) is 5.32 Å². The highest BCUT2D eigenvalue weighted by Gasteiger charge is 2.45. The molecule has 0 aromatic rings. The second-order valence-electron chi connectivity index (χ2n) is 7.35. The van der Waals surface area contributed by atoms with Gasteiger partial charge in [-0.3, -0.25) is 4.79 Å². The average Bonchev–Trinajstić information content (AvgIpc) is 2.73. The molecule has 0 aromatic carbocycles. The number of aliphatic hydroxyl groups excluding tert-OH is 7. The lowest BCUT2D eigenvalue weighted by Gasteiger charge is -2.41. The van der Waals surface area contributed by atoms with Crippen molar-refractivity contribution < 1.29 is 64.7 Å². The van der Waals surface area contributed by atoms with Gasteiger partial charge in [0.25, 0.3) is 0 Å². The highest BCUT2D eigenvalue weighted by Crippen LogP contribution is 2.22. The van der Waals surface area contributed by atoms with Crippen molar-refractivity contribution in [2.75, 3.05) is 13.2 Å². The first-order valence-corrected chi connectivity index (χ1v) is 9.69. The van der Waals surface area contributed by atoms with Crippen LogP contribution in [-0.4, -0.2) is 133 Å². The number of rotatable bonds is 6. The number of aliphatic carboxylic acids is 1. The van der Waals surface area contributed by atoms with E-state index in [4.69, 9.17) is 35.3 Å². The number of nitrogens with two attached hydrogens (primary N) is 1. The lowest BCUT2D eigenvalue weighted by Crippen LogP contribution is -2.63. The standard InChI is InChI=1S/C9H17NO7.C8H15NO6/c1-3(8(13)14)16-7-5(10)9(15)17-4(2-11)6(7)12;1-3(11)9-5-7(13)6(12)4(2-10)15-8(5)14/h3-7,9,11-12,15H,2,10H2,1H3,(H,13,14);4-8,10,12-14H,2H2,1H3,(H,9,11)/t3-,4-,5-,6-,7-,9+;4-,5-,6-,7-,8-/m11/s1. The monoisotopic (exact) mass is 472 g/mol. The maximum Gasteiger partial charge on any atom is 0.332 e. The molecule has 188 valence electrons. The summed E-state index contributed by atoms with van der Waals surface area (Å²) in [5, 5.41) is 76.2. The highest BCUT2D eigenvalue weighted by atomic mass is 16.6. The molecule has 2 saturated heterocycles. The second kappa shape index (κ2) is 12.7.